The molecule has 0 N–H and O–H groups in total. The van der Waals surface area contributed by atoms with Crippen molar-refractivity contribution in [3.8, 4) is 6.07 Å². The maximum atomic E-state index is 12.4. The second kappa shape index (κ2) is 5.44. The van der Waals surface area contributed by atoms with E-state index >= 15 is 0 Å². The van der Waals surface area contributed by atoms with Crippen LogP contribution in [0.5, 0.6) is 0 Å². The van der Waals surface area contributed by atoms with E-state index in [9.17, 15) is 13.7 Å². The van der Waals surface area contributed by atoms with Gasteiger partial charge in [-0.05, 0) is 38.2 Å². The van der Waals surface area contributed by atoms with E-state index in [1.54, 1.807) is 6.07 Å². The van der Waals surface area contributed by atoms with E-state index in [1.807, 2.05) is 19.2 Å². The van der Waals surface area contributed by atoms with Gasteiger partial charge >= 0.3 is 0 Å². The predicted octanol–water partition coefficient (Wildman–Crippen LogP) is 2.47. The van der Waals surface area contributed by atoms with Gasteiger partial charge in [0.15, 0.2) is 0 Å². The second-order valence-corrected chi connectivity index (χ2v) is 9.22. The lowest BCUT2D eigenvalue weighted by molar-refractivity contribution is 0.328. The Morgan fingerprint density at radius 1 is 1.42 bits per heavy atom. The van der Waals surface area contributed by atoms with Crippen LogP contribution in [0.2, 0.25) is 0 Å². The fourth-order valence-electron chi connectivity index (χ4n) is 2.13. The first-order valence-electron chi connectivity index (χ1n) is 5.96. The fourth-order valence-corrected chi connectivity index (χ4v) is 5.69. The molecule has 0 aromatic carbocycles. The third-order valence-electron chi connectivity index (χ3n) is 3.43. The van der Waals surface area contributed by atoms with Crippen LogP contribution >= 0.6 is 23.1 Å². The molecule has 2 rings (SSSR count). The summed E-state index contributed by atoms with van der Waals surface area (Å²) in [7, 11) is -3.37. The molecule has 0 amide bonds. The van der Waals surface area contributed by atoms with Gasteiger partial charge in [-0.15, -0.1) is 23.1 Å². The summed E-state index contributed by atoms with van der Waals surface area (Å²) in [6, 6.07) is 5.81. The van der Waals surface area contributed by atoms with Crippen LogP contribution in [0.3, 0.4) is 0 Å². The molecule has 0 aliphatic carbocycles. The molecule has 19 heavy (non-hydrogen) atoms. The van der Waals surface area contributed by atoms with Crippen LogP contribution in [0.15, 0.2) is 16.3 Å². The van der Waals surface area contributed by atoms with Crippen LogP contribution in [0, 0.1) is 18.3 Å². The number of sulfonamides is 1. The molecule has 0 saturated carbocycles. The predicted molar refractivity (Wildman–Crippen MR) is 78.9 cm³/mol. The minimum absolute atomic E-state index is 0.401. The number of nitriles is 1. The summed E-state index contributed by atoms with van der Waals surface area (Å²) >= 11 is 2.83. The summed E-state index contributed by atoms with van der Waals surface area (Å²) in [6.07, 6.45) is 3.10. The van der Waals surface area contributed by atoms with Crippen molar-refractivity contribution in [1.29, 1.82) is 5.26 Å². The molecule has 4 nitrogen and oxygen atoms in total. The highest BCUT2D eigenvalue weighted by atomic mass is 32.2. The maximum absolute atomic E-state index is 12.4. The first kappa shape index (κ1) is 14.9. The van der Waals surface area contributed by atoms with E-state index in [2.05, 4.69) is 6.07 Å². The number of thioether (sulfide) groups is 1. The highest BCUT2D eigenvalue weighted by Crippen LogP contribution is 2.36. The van der Waals surface area contributed by atoms with E-state index in [0.717, 1.165) is 4.88 Å². The Morgan fingerprint density at radius 2 is 2.05 bits per heavy atom. The van der Waals surface area contributed by atoms with Crippen LogP contribution in [0.25, 0.3) is 0 Å². The SMILES string of the molecule is CSC1(C#N)CCN(S(=O)(=O)c2ccc(C)s2)CC1. The Kier molecular flexibility index (Phi) is 4.26. The number of thiophene rings is 1. The highest BCUT2D eigenvalue weighted by Gasteiger charge is 2.38. The molecule has 1 fully saturated rings. The molecule has 0 spiro atoms. The molecule has 2 heterocycles. The van der Waals surface area contributed by atoms with Crippen LogP contribution in [-0.4, -0.2) is 36.8 Å². The Bertz CT molecular complexity index is 593. The number of hydrogen-bond donors (Lipinski definition) is 0. The molecular weight excluding hydrogens is 300 g/mol. The highest BCUT2D eigenvalue weighted by molar-refractivity contribution is 8.00. The zero-order chi connectivity index (χ0) is 14.1. The summed E-state index contributed by atoms with van der Waals surface area (Å²) in [6.45, 7) is 2.75. The molecule has 1 aromatic heterocycles. The van der Waals surface area contributed by atoms with Gasteiger partial charge in [0.25, 0.3) is 10.0 Å². The molecule has 1 aromatic rings. The van der Waals surface area contributed by atoms with Gasteiger partial charge in [-0.3, -0.25) is 0 Å². The van der Waals surface area contributed by atoms with Crippen molar-refractivity contribution >= 4 is 33.1 Å². The van der Waals surface area contributed by atoms with E-state index in [0.29, 0.717) is 30.1 Å². The van der Waals surface area contributed by atoms with Gasteiger partial charge in [-0.2, -0.15) is 9.57 Å². The molecule has 1 saturated heterocycles. The lowest BCUT2D eigenvalue weighted by atomic mass is 9.99. The molecular formula is C12H16N2O2S3. The van der Waals surface area contributed by atoms with Gasteiger partial charge in [-0.25, -0.2) is 8.42 Å². The molecule has 104 valence electrons. The largest absolute Gasteiger partial charge is 0.252 e. The van der Waals surface area contributed by atoms with Gasteiger partial charge in [0.2, 0.25) is 0 Å². The van der Waals surface area contributed by atoms with Crippen molar-refractivity contribution in [2.75, 3.05) is 19.3 Å². The molecule has 0 unspecified atom stereocenters. The quantitative estimate of drug-likeness (QED) is 0.859. The number of piperidine rings is 1. The summed E-state index contributed by atoms with van der Waals surface area (Å²) in [4.78, 5) is 0.992. The first-order valence-corrected chi connectivity index (χ1v) is 9.45. The van der Waals surface area contributed by atoms with Crippen LogP contribution < -0.4 is 0 Å². The topological polar surface area (TPSA) is 61.2 Å². The van der Waals surface area contributed by atoms with Gasteiger partial charge in [-0.1, -0.05) is 0 Å². The maximum Gasteiger partial charge on any atom is 0.252 e. The average Bonchev–Trinajstić information content (AvgIpc) is 2.86. The monoisotopic (exact) mass is 316 g/mol. The average molecular weight is 316 g/mol. The molecule has 0 radical (unpaired) electrons. The number of aryl methyl sites for hydroxylation is 1. The Labute approximate surface area is 122 Å². The lowest BCUT2D eigenvalue weighted by Gasteiger charge is -2.35. The zero-order valence-electron chi connectivity index (χ0n) is 10.9. The van der Waals surface area contributed by atoms with E-state index < -0.39 is 14.8 Å². The van der Waals surface area contributed by atoms with Gasteiger partial charge in [0, 0.05) is 18.0 Å². The fraction of sp³-hybridized carbons (Fsp3) is 0.583. The van der Waals surface area contributed by atoms with Crippen molar-refractivity contribution in [1.82, 2.24) is 4.31 Å². The Morgan fingerprint density at radius 3 is 2.47 bits per heavy atom. The third kappa shape index (κ3) is 2.82. The van der Waals surface area contributed by atoms with Crippen molar-refractivity contribution in [2.45, 2.75) is 28.7 Å². The third-order valence-corrected chi connectivity index (χ3v) is 8.08. The number of rotatable bonds is 3. The van der Waals surface area contributed by atoms with E-state index in [4.69, 9.17) is 0 Å². The number of nitrogens with zero attached hydrogens (tertiary/aromatic N) is 2. The van der Waals surface area contributed by atoms with Crippen LogP contribution in [0.1, 0.15) is 17.7 Å². The smallest absolute Gasteiger partial charge is 0.206 e. The Balaban J connectivity index is 2.16. The summed E-state index contributed by atoms with van der Waals surface area (Å²) in [5.41, 5.74) is 0. The summed E-state index contributed by atoms with van der Waals surface area (Å²) in [5.74, 6) is 0. The first-order chi connectivity index (χ1) is 8.93. The van der Waals surface area contributed by atoms with Crippen molar-refractivity contribution in [3.63, 3.8) is 0 Å². The van der Waals surface area contributed by atoms with Crippen molar-refractivity contribution in [3.05, 3.63) is 17.0 Å². The molecule has 1 aliphatic heterocycles. The molecule has 0 bridgehead atoms. The lowest BCUT2D eigenvalue weighted by Crippen LogP contribution is -2.44. The van der Waals surface area contributed by atoms with Crippen LogP contribution in [0.4, 0.5) is 0 Å². The van der Waals surface area contributed by atoms with Gasteiger partial charge in [0.05, 0.1) is 6.07 Å². The van der Waals surface area contributed by atoms with Gasteiger partial charge in [0.1, 0.15) is 8.96 Å². The van der Waals surface area contributed by atoms with Gasteiger partial charge < -0.3 is 0 Å². The Hall–Kier alpha value is -0.550. The van der Waals surface area contributed by atoms with Crippen molar-refractivity contribution in [2.24, 2.45) is 0 Å². The van der Waals surface area contributed by atoms with E-state index in [-0.39, 0.29) is 0 Å². The summed E-state index contributed by atoms with van der Waals surface area (Å²) in [5, 5.41) is 9.21. The van der Waals surface area contributed by atoms with Crippen molar-refractivity contribution < 1.29 is 8.42 Å². The zero-order valence-corrected chi connectivity index (χ0v) is 13.4. The normalized spacial score (nSPS) is 20.1. The minimum atomic E-state index is -3.37. The molecule has 1 aliphatic rings. The van der Waals surface area contributed by atoms with E-state index in [1.165, 1.54) is 27.4 Å². The molecule has 0 atom stereocenters. The number of hydrogen-bond acceptors (Lipinski definition) is 5. The minimum Gasteiger partial charge on any atom is -0.206 e. The standard InChI is InChI=1S/C12H16N2O2S3/c1-10-3-4-11(18-10)19(15,16)14-7-5-12(9-13,17-2)6-8-14/h3-4H,5-8H2,1-2H3. The summed E-state index contributed by atoms with van der Waals surface area (Å²) < 4.78 is 26.4. The second-order valence-electron chi connectivity index (χ2n) is 4.58. The van der Waals surface area contributed by atoms with Crippen LogP contribution in [-0.2, 0) is 10.0 Å². The molecule has 7 heteroatoms.